The van der Waals surface area contributed by atoms with Crippen molar-refractivity contribution in [2.45, 2.75) is 19.6 Å². The molecule has 0 N–H and O–H groups in total. The fourth-order valence-corrected chi connectivity index (χ4v) is 3.53. The third-order valence-electron chi connectivity index (χ3n) is 5.34. The van der Waals surface area contributed by atoms with E-state index in [1.165, 1.54) is 21.3 Å². The molecule has 0 saturated carbocycles. The third kappa shape index (κ3) is 6.52. The Bertz CT molecular complexity index is 975. The number of carbonyl (C=O) groups is 3. The van der Waals surface area contributed by atoms with E-state index in [4.69, 9.17) is 14.2 Å². The first-order valence-electron chi connectivity index (χ1n) is 10.7. The van der Waals surface area contributed by atoms with E-state index in [-0.39, 0.29) is 17.9 Å². The van der Waals surface area contributed by atoms with Crippen molar-refractivity contribution in [3.63, 3.8) is 0 Å². The van der Waals surface area contributed by atoms with Crippen molar-refractivity contribution in [2.75, 3.05) is 21.3 Å². The van der Waals surface area contributed by atoms with Gasteiger partial charge >= 0.3 is 17.9 Å². The van der Waals surface area contributed by atoms with Gasteiger partial charge in [0.05, 0.1) is 38.0 Å². The number of carbonyl (C=O) groups excluding carboxylic acids is 3. The molecule has 0 aromatic heterocycles. The van der Waals surface area contributed by atoms with Gasteiger partial charge in [-0.25, -0.2) is 14.4 Å². The minimum atomic E-state index is -0.375. The summed E-state index contributed by atoms with van der Waals surface area (Å²) in [7, 11) is 4.07. The highest BCUT2D eigenvalue weighted by Gasteiger charge is 2.12. The predicted molar refractivity (Wildman–Crippen MR) is 126 cm³/mol. The molecule has 7 heteroatoms. The summed E-state index contributed by atoms with van der Waals surface area (Å²) in [4.78, 5) is 37.4. The second-order valence-corrected chi connectivity index (χ2v) is 7.71. The molecule has 0 amide bonds. The lowest BCUT2D eigenvalue weighted by Crippen LogP contribution is -2.22. The van der Waals surface area contributed by atoms with Crippen LogP contribution in [0.25, 0.3) is 0 Å². The monoisotopic (exact) mass is 461 g/mol. The van der Waals surface area contributed by atoms with Crippen LogP contribution in [0.2, 0.25) is 0 Å². The van der Waals surface area contributed by atoms with E-state index < -0.39 is 0 Å². The Labute approximate surface area is 198 Å². The number of hydrogen-bond acceptors (Lipinski definition) is 7. The van der Waals surface area contributed by atoms with Gasteiger partial charge in [0.2, 0.25) is 0 Å². The maximum atomic E-state index is 11.7. The first kappa shape index (κ1) is 24.7. The van der Waals surface area contributed by atoms with Gasteiger partial charge in [-0.15, -0.1) is 0 Å². The number of methoxy groups -OCH3 is 3. The van der Waals surface area contributed by atoms with Crippen molar-refractivity contribution in [1.82, 2.24) is 4.90 Å². The second-order valence-electron chi connectivity index (χ2n) is 7.71. The van der Waals surface area contributed by atoms with Crippen LogP contribution in [0.3, 0.4) is 0 Å². The van der Waals surface area contributed by atoms with Gasteiger partial charge in [-0.1, -0.05) is 36.4 Å². The number of rotatable bonds is 9. The van der Waals surface area contributed by atoms with Gasteiger partial charge in [0.25, 0.3) is 0 Å². The maximum Gasteiger partial charge on any atom is 0.337 e. The van der Waals surface area contributed by atoms with Crippen molar-refractivity contribution >= 4 is 17.9 Å². The molecular weight excluding hydrogens is 434 g/mol. The Morgan fingerprint density at radius 1 is 0.500 bits per heavy atom. The fraction of sp³-hybridized carbons (Fsp3) is 0.222. The Kier molecular flexibility index (Phi) is 8.54. The zero-order valence-electron chi connectivity index (χ0n) is 19.4. The van der Waals surface area contributed by atoms with Gasteiger partial charge in [0.1, 0.15) is 0 Å². The highest BCUT2D eigenvalue weighted by atomic mass is 16.5. The topological polar surface area (TPSA) is 82.1 Å². The lowest BCUT2D eigenvalue weighted by molar-refractivity contribution is 0.0592. The second kappa shape index (κ2) is 11.8. The Morgan fingerprint density at radius 2 is 0.735 bits per heavy atom. The molecule has 0 heterocycles. The molecule has 3 rings (SSSR count). The van der Waals surface area contributed by atoms with Crippen molar-refractivity contribution in [1.29, 1.82) is 0 Å². The van der Waals surface area contributed by atoms with E-state index in [0.29, 0.717) is 36.3 Å². The number of nitrogens with zero attached hydrogens (tertiary/aromatic N) is 1. The van der Waals surface area contributed by atoms with Gasteiger partial charge < -0.3 is 14.2 Å². The van der Waals surface area contributed by atoms with E-state index in [1.54, 1.807) is 36.4 Å². The van der Waals surface area contributed by atoms with Crippen LogP contribution in [0.5, 0.6) is 0 Å². The standard InChI is InChI=1S/C27H27NO6/c1-32-25(29)22-10-4-19(5-11-22)16-28(17-20-6-12-23(13-7-20)26(30)33-2)18-21-8-14-24(15-9-21)27(31)34-3/h4-15H,16-18H2,1-3H3. The van der Waals surface area contributed by atoms with E-state index in [1.807, 2.05) is 36.4 Å². The lowest BCUT2D eigenvalue weighted by Gasteiger charge is -2.23. The Morgan fingerprint density at radius 3 is 0.941 bits per heavy atom. The summed E-state index contributed by atoms with van der Waals surface area (Å²) in [6.07, 6.45) is 0. The molecule has 0 saturated heterocycles. The van der Waals surface area contributed by atoms with Gasteiger partial charge in [-0.2, -0.15) is 0 Å². The van der Waals surface area contributed by atoms with Crippen molar-refractivity contribution < 1.29 is 28.6 Å². The zero-order valence-corrected chi connectivity index (χ0v) is 19.4. The summed E-state index contributed by atoms with van der Waals surface area (Å²) in [5, 5.41) is 0. The van der Waals surface area contributed by atoms with Crippen molar-refractivity contribution in [2.24, 2.45) is 0 Å². The van der Waals surface area contributed by atoms with Crippen LogP contribution in [0, 0.1) is 0 Å². The zero-order chi connectivity index (χ0) is 24.5. The number of ether oxygens (including phenoxy) is 3. The molecule has 0 radical (unpaired) electrons. The molecule has 0 aliphatic carbocycles. The smallest absolute Gasteiger partial charge is 0.337 e. The van der Waals surface area contributed by atoms with Crippen LogP contribution in [0.1, 0.15) is 47.8 Å². The molecule has 34 heavy (non-hydrogen) atoms. The minimum absolute atomic E-state index is 0.375. The molecule has 0 bridgehead atoms. The molecule has 3 aromatic carbocycles. The fourth-order valence-electron chi connectivity index (χ4n) is 3.53. The van der Waals surface area contributed by atoms with Crippen LogP contribution in [-0.4, -0.2) is 44.1 Å². The van der Waals surface area contributed by atoms with Gasteiger partial charge in [0.15, 0.2) is 0 Å². The molecule has 0 atom stereocenters. The summed E-state index contributed by atoms with van der Waals surface area (Å²) in [6, 6.07) is 21.9. The minimum Gasteiger partial charge on any atom is -0.465 e. The number of esters is 3. The largest absolute Gasteiger partial charge is 0.465 e. The number of benzene rings is 3. The van der Waals surface area contributed by atoms with E-state index in [9.17, 15) is 14.4 Å². The van der Waals surface area contributed by atoms with Gasteiger partial charge in [-0.3, -0.25) is 4.90 Å². The molecule has 0 aliphatic rings. The highest BCUT2D eigenvalue weighted by molar-refractivity contribution is 5.90. The molecule has 0 aliphatic heterocycles. The molecule has 0 fully saturated rings. The van der Waals surface area contributed by atoms with Crippen LogP contribution >= 0.6 is 0 Å². The molecule has 176 valence electrons. The van der Waals surface area contributed by atoms with Crippen LogP contribution < -0.4 is 0 Å². The first-order chi connectivity index (χ1) is 16.4. The summed E-state index contributed by atoms with van der Waals surface area (Å²) in [5.74, 6) is -1.13. The first-order valence-corrected chi connectivity index (χ1v) is 10.7. The summed E-state index contributed by atoms with van der Waals surface area (Å²) < 4.78 is 14.3. The molecule has 0 spiro atoms. The van der Waals surface area contributed by atoms with Crippen LogP contribution in [-0.2, 0) is 33.8 Å². The average Bonchev–Trinajstić information content (AvgIpc) is 2.88. The Hall–Kier alpha value is -3.97. The lowest BCUT2D eigenvalue weighted by atomic mass is 10.1. The maximum absolute atomic E-state index is 11.7. The average molecular weight is 462 g/mol. The summed E-state index contributed by atoms with van der Waals surface area (Å²) in [6.45, 7) is 1.87. The van der Waals surface area contributed by atoms with Crippen LogP contribution in [0.4, 0.5) is 0 Å². The number of hydrogen-bond donors (Lipinski definition) is 0. The van der Waals surface area contributed by atoms with E-state index >= 15 is 0 Å². The van der Waals surface area contributed by atoms with Crippen molar-refractivity contribution in [3.05, 3.63) is 106 Å². The van der Waals surface area contributed by atoms with Gasteiger partial charge in [-0.05, 0) is 53.1 Å². The predicted octanol–water partition coefficient (Wildman–Crippen LogP) is 4.25. The normalized spacial score (nSPS) is 10.6. The quantitative estimate of drug-likeness (QED) is 0.348. The van der Waals surface area contributed by atoms with E-state index in [2.05, 4.69) is 4.90 Å². The summed E-state index contributed by atoms with van der Waals surface area (Å²) >= 11 is 0. The molecule has 3 aromatic rings. The molecule has 7 nitrogen and oxygen atoms in total. The molecule has 0 unspecified atom stereocenters. The Balaban J connectivity index is 1.79. The third-order valence-corrected chi connectivity index (χ3v) is 5.34. The van der Waals surface area contributed by atoms with E-state index in [0.717, 1.165) is 16.7 Å². The van der Waals surface area contributed by atoms with Crippen LogP contribution in [0.15, 0.2) is 72.8 Å². The summed E-state index contributed by atoms with van der Waals surface area (Å²) in [5.41, 5.74) is 4.58. The SMILES string of the molecule is COC(=O)c1ccc(CN(Cc2ccc(C(=O)OC)cc2)Cc2ccc(C(=O)OC)cc2)cc1. The van der Waals surface area contributed by atoms with Crippen molar-refractivity contribution in [3.8, 4) is 0 Å². The highest BCUT2D eigenvalue weighted by Crippen LogP contribution is 2.17. The van der Waals surface area contributed by atoms with Gasteiger partial charge in [0, 0.05) is 19.6 Å². The molecular formula is C27H27NO6.